The number of Topliss-reactive ketones (excluding diaryl/α,β-unsaturated/α-hetero) is 1. The van der Waals surface area contributed by atoms with Crippen LogP contribution in [0.15, 0.2) is 31.0 Å². The minimum Gasteiger partial charge on any atom is -0.444 e. The van der Waals surface area contributed by atoms with Gasteiger partial charge in [-0.3, -0.25) is 9.59 Å². The Hall–Kier alpha value is -8.11. The largest absolute Gasteiger partial charge is 0.444 e. The van der Waals surface area contributed by atoms with E-state index in [0.717, 1.165) is 30.3 Å². The predicted octanol–water partition coefficient (Wildman–Crippen LogP) is 14.1. The Balaban J connectivity index is 0.000000651. The molecule has 0 saturated carbocycles. The zero-order valence-corrected chi connectivity index (χ0v) is 61.0. The van der Waals surface area contributed by atoms with Crippen LogP contribution < -0.4 is 5.32 Å². The average Bonchev–Trinajstić information content (AvgIpc) is 1.67. The number of fused-ring (bicyclic) bond motifs is 5. The molecule has 0 saturated heterocycles. The van der Waals surface area contributed by atoms with Gasteiger partial charge in [-0.05, 0) is 138 Å². The maximum absolute atomic E-state index is 13.1. The first kappa shape index (κ1) is 94.9. The zero-order chi connectivity index (χ0) is 75.7. The summed E-state index contributed by atoms with van der Waals surface area (Å²) in [5.41, 5.74) is -4.45. The molecule has 34 heteroatoms. The molecule has 0 fully saturated rings. The molecule has 4 N–H and O–H groups in total. The number of ether oxygens (including phenoxy) is 4. The highest BCUT2D eigenvalue weighted by atomic mass is 19.4. The lowest BCUT2D eigenvalue weighted by molar-refractivity contribution is -0.263. The van der Waals surface area contributed by atoms with E-state index in [4.69, 9.17) is 18.9 Å². The summed E-state index contributed by atoms with van der Waals surface area (Å²) in [6, 6.07) is -0.553. The van der Waals surface area contributed by atoms with E-state index in [1.165, 1.54) is 33.4 Å². The number of nitrogens with one attached hydrogen (secondary N) is 1. The van der Waals surface area contributed by atoms with Gasteiger partial charge in [0.1, 0.15) is 34.3 Å². The first-order valence-electron chi connectivity index (χ1n) is 32.8. The summed E-state index contributed by atoms with van der Waals surface area (Å²) in [5.74, 6) is 0.642. The zero-order valence-electron chi connectivity index (χ0n) is 61.0. The third kappa shape index (κ3) is 23.2. The fraction of sp³-hybridized carbons (Fsp3) is 0.704. The van der Waals surface area contributed by atoms with Gasteiger partial charge in [0.25, 0.3) is 0 Å². The first-order chi connectivity index (χ1) is 45.7. The smallest absolute Gasteiger partial charge is 0.424 e. The lowest BCUT2D eigenvalue weighted by Crippen LogP contribution is -2.46. The third-order valence-corrected chi connectivity index (χ3v) is 16.1. The van der Waals surface area contributed by atoms with Crippen LogP contribution in [-0.4, -0.2) is 187 Å². The number of halogens is 6. The molecule has 1 unspecified atom stereocenters. The Bertz CT molecular complexity index is 3710. The number of carbonyl (C=O) groups is 6. The quantitative estimate of drug-likeness (QED) is 0.0550. The number of hydrogen-bond acceptors (Lipinski definition) is 19. The van der Waals surface area contributed by atoms with Crippen molar-refractivity contribution >= 4 is 36.4 Å². The van der Waals surface area contributed by atoms with Crippen molar-refractivity contribution in [2.45, 2.75) is 298 Å². The van der Waals surface area contributed by atoms with E-state index < -0.39 is 70.0 Å². The average molecular weight is 1500 g/mol. The van der Waals surface area contributed by atoms with Crippen molar-refractivity contribution in [3.8, 4) is 0 Å². The van der Waals surface area contributed by atoms with Gasteiger partial charge < -0.3 is 82.0 Å². The Morgan fingerprint density at radius 3 is 1.11 bits per heavy atom. The Kier molecular flexibility index (Phi) is 32.1. The van der Waals surface area contributed by atoms with E-state index in [9.17, 15) is 70.4 Å². The lowest BCUT2D eigenvalue weighted by Gasteiger charge is -2.36. The van der Waals surface area contributed by atoms with E-state index in [2.05, 4.69) is 30.2 Å². The summed E-state index contributed by atoms with van der Waals surface area (Å²) in [6.07, 6.45) is -3.34. The van der Waals surface area contributed by atoms with Crippen LogP contribution in [0.3, 0.4) is 0 Å². The van der Waals surface area contributed by atoms with Crippen molar-refractivity contribution < 1.29 is 89.4 Å². The molecule has 5 aliphatic heterocycles. The van der Waals surface area contributed by atoms with Crippen LogP contribution in [0.5, 0.6) is 0 Å². The fourth-order valence-electron chi connectivity index (χ4n) is 11.7. The SMILES string of the molecule is C.C.C.C.C.CC(=O)c1ncc2n1[C@@H](C)CN(C(=O)OC(C)(C)C)C2.CC(O)c1ncc2n1[C@@H](C)CN(C(=O)OC(C)(C)C)C2.C[C@H]1CN(C(=O)OC(C)(C)C)Cc2cnc(C=O)n21.C[C@H]1CN(C(=O)OC(C)(C)C)Cc2cnc([C@@](C)(O)C(F)(F)F)n21.C[C@H]1CNCc2cnc([C@@](C)(O)C(F)(F)F)n21. The van der Waals surface area contributed by atoms with E-state index in [-0.39, 0.29) is 104 Å². The van der Waals surface area contributed by atoms with Gasteiger partial charge in [-0.25, -0.2) is 44.1 Å². The second-order valence-corrected chi connectivity index (χ2v) is 30.1. The number of ketones is 1. The molecule has 0 bridgehead atoms. The molecule has 0 aromatic carbocycles. The van der Waals surface area contributed by atoms with Crippen LogP contribution in [0.2, 0.25) is 0 Å². The molecular formula is C71H119F6N15O13. The number of hydrogen-bond donors (Lipinski definition) is 4. The third-order valence-electron chi connectivity index (χ3n) is 16.1. The van der Waals surface area contributed by atoms with Crippen LogP contribution in [0.1, 0.15) is 286 Å². The van der Waals surface area contributed by atoms with E-state index >= 15 is 0 Å². The number of imidazole rings is 5. The standard InChI is InChI=1S/C15H22F3N3O3.C14H23N3O3.C14H21N3O3.C13H19N3O3.C10H14F3N3O.5CH4/c1-9-7-20(12(22)24-13(2,3)4)8-10-6-19-11(21(9)10)14(5,23)15(16,17)18;2*1-9-7-16(13(19)20-14(3,4)5)8-11-6-15-12(10(2)18)17(9)11;1-9-6-15(12(18)19-13(2,3)4)7-10-5-14-11(8-17)16(9)10;1-6-3-14-4-7-5-15-8(16(6)7)9(2,17)10(11,12)13;;;;;/h6,9,23H,7-8H2,1-5H3;6,9-10,18H,7-8H2,1-5H3;6,9H,7-8H2,1-5H3;5,8-9H,6-7H2,1-4H3;5-6,14,17H,3-4H2,1-2H3;5*1H4/t9-,14+;9-,10?;2*9-;6-,9+;;;;;/m00000...../s1. The normalized spacial score (nSPS) is 19.7. The van der Waals surface area contributed by atoms with E-state index in [1.54, 1.807) is 74.8 Å². The van der Waals surface area contributed by atoms with Gasteiger partial charge in [-0.15, -0.1) is 0 Å². The predicted molar refractivity (Wildman–Crippen MR) is 384 cm³/mol. The van der Waals surface area contributed by atoms with Crippen LogP contribution in [0.4, 0.5) is 45.5 Å². The van der Waals surface area contributed by atoms with Crippen molar-refractivity contribution in [1.82, 2.24) is 72.7 Å². The number of rotatable bonds is 5. The number of nitrogens with zero attached hydrogens (tertiary/aromatic N) is 14. The van der Waals surface area contributed by atoms with Gasteiger partial charge in [-0.2, -0.15) is 26.3 Å². The van der Waals surface area contributed by atoms with Crippen molar-refractivity contribution in [2.24, 2.45) is 0 Å². The van der Waals surface area contributed by atoms with Gasteiger partial charge in [0.15, 0.2) is 35.4 Å². The lowest BCUT2D eigenvalue weighted by atomic mass is 10.0. The number of amides is 4. The summed E-state index contributed by atoms with van der Waals surface area (Å²) in [6.45, 7) is 39.9. The molecule has 5 aliphatic rings. The highest BCUT2D eigenvalue weighted by molar-refractivity contribution is 5.90. The van der Waals surface area contributed by atoms with Gasteiger partial charge >= 0.3 is 36.7 Å². The van der Waals surface area contributed by atoms with Crippen LogP contribution in [-0.2, 0) is 62.9 Å². The van der Waals surface area contributed by atoms with Gasteiger partial charge in [0, 0.05) is 58.4 Å². The van der Waals surface area contributed by atoms with E-state index in [0.29, 0.717) is 88.1 Å². The molecule has 28 nitrogen and oxygen atoms in total. The number of aliphatic hydroxyl groups excluding tert-OH is 1. The Morgan fingerprint density at radius 1 is 0.467 bits per heavy atom. The molecule has 10 heterocycles. The molecule has 5 aromatic rings. The Labute approximate surface area is 615 Å². The van der Waals surface area contributed by atoms with Crippen molar-refractivity contribution in [2.75, 3.05) is 32.7 Å². The van der Waals surface area contributed by atoms with Gasteiger partial charge in [0.2, 0.25) is 11.2 Å². The van der Waals surface area contributed by atoms with Crippen molar-refractivity contribution in [3.05, 3.63) is 88.6 Å². The molecule has 10 rings (SSSR count). The molecule has 598 valence electrons. The summed E-state index contributed by atoms with van der Waals surface area (Å²) >= 11 is 0. The van der Waals surface area contributed by atoms with Crippen LogP contribution in [0, 0.1) is 0 Å². The molecule has 8 atom stereocenters. The minimum absolute atomic E-state index is 0. The molecule has 0 radical (unpaired) electrons. The number of aromatic nitrogens is 10. The maximum Gasteiger partial charge on any atom is 0.424 e. The number of alkyl halides is 6. The first-order valence-corrected chi connectivity index (χ1v) is 32.8. The highest BCUT2D eigenvalue weighted by Crippen LogP contribution is 2.42. The second-order valence-electron chi connectivity index (χ2n) is 30.1. The summed E-state index contributed by atoms with van der Waals surface area (Å²) < 4.78 is 108. The van der Waals surface area contributed by atoms with Crippen LogP contribution in [0.25, 0.3) is 0 Å². The van der Waals surface area contributed by atoms with Crippen LogP contribution >= 0.6 is 0 Å². The summed E-state index contributed by atoms with van der Waals surface area (Å²) in [7, 11) is 0. The summed E-state index contributed by atoms with van der Waals surface area (Å²) in [5, 5.41) is 32.4. The fourth-order valence-corrected chi connectivity index (χ4v) is 11.7. The number of aldehydes is 1. The number of aliphatic hydroxyl groups is 3. The molecule has 105 heavy (non-hydrogen) atoms. The van der Waals surface area contributed by atoms with Crippen molar-refractivity contribution in [3.63, 3.8) is 0 Å². The Morgan fingerprint density at radius 2 is 0.762 bits per heavy atom. The second kappa shape index (κ2) is 35.5. The molecule has 4 amide bonds. The van der Waals surface area contributed by atoms with Crippen molar-refractivity contribution in [1.29, 1.82) is 0 Å². The molecular weight excluding hydrogens is 1380 g/mol. The molecule has 0 aliphatic carbocycles. The number of carbonyl (C=O) groups excluding carboxylic acids is 6. The molecule has 5 aromatic heterocycles. The van der Waals surface area contributed by atoms with Gasteiger partial charge in [-0.1, -0.05) is 37.1 Å². The highest BCUT2D eigenvalue weighted by Gasteiger charge is 2.56. The topological polar surface area (TPSA) is 314 Å². The summed E-state index contributed by atoms with van der Waals surface area (Å²) in [4.78, 5) is 97.3. The maximum atomic E-state index is 13.1. The minimum atomic E-state index is -4.85. The van der Waals surface area contributed by atoms with E-state index in [1.807, 2.05) is 96.8 Å². The molecule has 0 spiro atoms. The monoisotopic (exact) mass is 1500 g/mol. The van der Waals surface area contributed by atoms with Gasteiger partial charge in [0.05, 0.1) is 104 Å².